The number of aliphatic hydroxyl groups is 2. The Labute approximate surface area is 71.3 Å². The van der Waals surface area contributed by atoms with Crippen molar-refractivity contribution in [3.8, 4) is 23.7 Å². The Morgan fingerprint density at radius 3 is 2.67 bits per heavy atom. The van der Waals surface area contributed by atoms with E-state index in [1.54, 1.807) is 0 Å². The zero-order valence-corrected chi connectivity index (χ0v) is 6.58. The maximum atomic E-state index is 8.87. The third kappa shape index (κ3) is 7.07. The van der Waals surface area contributed by atoms with E-state index in [1.807, 2.05) is 0 Å². The average Bonchev–Trinajstić information content (AvgIpc) is 2.09. The zero-order valence-electron chi connectivity index (χ0n) is 6.58. The van der Waals surface area contributed by atoms with Gasteiger partial charge in [0.1, 0.15) is 13.2 Å². The Morgan fingerprint density at radius 2 is 2.08 bits per heavy atom. The molecule has 0 aliphatic rings. The smallest absolute Gasteiger partial charge is 0.220 e. The molecule has 0 spiro atoms. The van der Waals surface area contributed by atoms with Gasteiger partial charge < -0.3 is 20.7 Å². The molecule has 1 atom stereocenters. The minimum atomic E-state index is -1.19. The van der Waals surface area contributed by atoms with Crippen molar-refractivity contribution in [2.75, 3.05) is 19.8 Å². The SMILES string of the molecule is NCC#CCOC(O)C#CCO. The molecule has 0 bridgehead atoms. The molecule has 0 aromatic rings. The van der Waals surface area contributed by atoms with Crippen LogP contribution in [0.4, 0.5) is 0 Å². The van der Waals surface area contributed by atoms with E-state index < -0.39 is 6.29 Å². The summed E-state index contributed by atoms with van der Waals surface area (Å²) in [6.45, 7) is 0.0507. The van der Waals surface area contributed by atoms with Gasteiger partial charge in [-0.15, -0.1) is 0 Å². The van der Waals surface area contributed by atoms with Gasteiger partial charge in [-0.05, 0) is 5.92 Å². The Morgan fingerprint density at radius 1 is 1.33 bits per heavy atom. The second-order valence-corrected chi connectivity index (χ2v) is 1.70. The Bertz CT molecular complexity index is 218. The van der Waals surface area contributed by atoms with E-state index in [0.29, 0.717) is 0 Å². The van der Waals surface area contributed by atoms with Crippen LogP contribution in [-0.2, 0) is 4.74 Å². The van der Waals surface area contributed by atoms with Crippen LogP contribution in [0, 0.1) is 23.7 Å². The molecule has 0 rings (SSSR count). The van der Waals surface area contributed by atoms with Gasteiger partial charge in [0.15, 0.2) is 0 Å². The number of rotatable bonds is 2. The third-order valence-corrected chi connectivity index (χ3v) is 0.845. The van der Waals surface area contributed by atoms with Crippen molar-refractivity contribution in [3.63, 3.8) is 0 Å². The van der Waals surface area contributed by atoms with Crippen LogP contribution < -0.4 is 5.73 Å². The van der Waals surface area contributed by atoms with E-state index >= 15 is 0 Å². The summed E-state index contributed by atoms with van der Waals surface area (Å²) >= 11 is 0. The lowest BCUT2D eigenvalue weighted by Gasteiger charge is -1.99. The van der Waals surface area contributed by atoms with Gasteiger partial charge in [-0.2, -0.15) is 0 Å². The molecule has 0 saturated carbocycles. The number of nitrogens with two attached hydrogens (primary N) is 1. The Kier molecular flexibility index (Phi) is 7.36. The van der Waals surface area contributed by atoms with Crippen molar-refractivity contribution in [3.05, 3.63) is 0 Å². The van der Waals surface area contributed by atoms with Gasteiger partial charge in [-0.3, -0.25) is 0 Å². The molecule has 0 saturated heterocycles. The van der Waals surface area contributed by atoms with Crippen molar-refractivity contribution >= 4 is 0 Å². The maximum Gasteiger partial charge on any atom is 0.220 e. The molecule has 4 N–H and O–H groups in total. The molecular formula is C8H11NO3. The summed E-state index contributed by atoms with van der Waals surface area (Å²) in [5.74, 6) is 9.60. The van der Waals surface area contributed by atoms with Gasteiger partial charge in [-0.1, -0.05) is 17.8 Å². The number of ether oxygens (including phenoxy) is 1. The fourth-order valence-electron chi connectivity index (χ4n) is 0.418. The second kappa shape index (κ2) is 8.06. The molecule has 0 radical (unpaired) electrons. The summed E-state index contributed by atoms with van der Waals surface area (Å²) < 4.78 is 4.69. The minimum absolute atomic E-state index is 0.0818. The first kappa shape index (κ1) is 11.0. The second-order valence-electron chi connectivity index (χ2n) is 1.70. The van der Waals surface area contributed by atoms with E-state index in [9.17, 15) is 0 Å². The summed E-state index contributed by atoms with van der Waals surface area (Å²) in [4.78, 5) is 0. The molecule has 0 aromatic carbocycles. The molecule has 4 nitrogen and oxygen atoms in total. The monoisotopic (exact) mass is 169 g/mol. The molecule has 0 aromatic heterocycles. The molecule has 12 heavy (non-hydrogen) atoms. The molecule has 0 aliphatic heterocycles. The molecule has 0 fully saturated rings. The van der Waals surface area contributed by atoms with Crippen LogP contribution in [0.15, 0.2) is 0 Å². The number of aliphatic hydroxyl groups excluding tert-OH is 2. The van der Waals surface area contributed by atoms with E-state index in [0.717, 1.165) is 0 Å². The highest BCUT2D eigenvalue weighted by atomic mass is 16.6. The molecule has 4 heteroatoms. The summed E-state index contributed by atoms with van der Waals surface area (Å²) in [7, 11) is 0. The molecule has 0 amide bonds. The normalized spacial score (nSPS) is 10.6. The van der Waals surface area contributed by atoms with Gasteiger partial charge in [0, 0.05) is 0 Å². The molecule has 0 aliphatic carbocycles. The standard InChI is InChI=1S/C8H11NO3/c9-5-1-2-7-12-8(11)4-3-6-10/h8,10-11H,5-7,9H2. The summed E-state index contributed by atoms with van der Waals surface area (Å²) in [5, 5.41) is 17.1. The molecule has 1 unspecified atom stereocenters. The fraction of sp³-hybridized carbons (Fsp3) is 0.500. The highest BCUT2D eigenvalue weighted by Crippen LogP contribution is 1.81. The maximum absolute atomic E-state index is 8.87. The van der Waals surface area contributed by atoms with Gasteiger partial charge in [0.25, 0.3) is 0 Å². The van der Waals surface area contributed by atoms with E-state index in [4.69, 9.17) is 15.9 Å². The predicted octanol–water partition coefficient (Wildman–Crippen LogP) is -1.72. The quantitative estimate of drug-likeness (QED) is 0.339. The largest absolute Gasteiger partial charge is 0.384 e. The van der Waals surface area contributed by atoms with Crippen LogP contribution in [0.1, 0.15) is 0 Å². The minimum Gasteiger partial charge on any atom is -0.384 e. The zero-order chi connectivity index (χ0) is 9.23. The van der Waals surface area contributed by atoms with Crippen molar-refractivity contribution in [1.82, 2.24) is 0 Å². The average molecular weight is 169 g/mol. The lowest BCUT2D eigenvalue weighted by atomic mass is 10.5. The molecular weight excluding hydrogens is 158 g/mol. The van der Waals surface area contributed by atoms with Crippen LogP contribution >= 0.6 is 0 Å². The van der Waals surface area contributed by atoms with Crippen molar-refractivity contribution < 1.29 is 14.9 Å². The van der Waals surface area contributed by atoms with Crippen LogP contribution in [0.5, 0.6) is 0 Å². The van der Waals surface area contributed by atoms with Crippen molar-refractivity contribution in [2.24, 2.45) is 5.73 Å². The van der Waals surface area contributed by atoms with Crippen molar-refractivity contribution in [2.45, 2.75) is 6.29 Å². The van der Waals surface area contributed by atoms with Crippen LogP contribution in [0.3, 0.4) is 0 Å². The summed E-state index contributed by atoms with van der Waals surface area (Å²) in [5.41, 5.74) is 5.07. The van der Waals surface area contributed by atoms with Crippen molar-refractivity contribution in [1.29, 1.82) is 0 Å². The fourth-order valence-corrected chi connectivity index (χ4v) is 0.418. The highest BCUT2D eigenvalue weighted by molar-refractivity contribution is 5.03. The van der Waals surface area contributed by atoms with Crippen LogP contribution in [-0.4, -0.2) is 36.3 Å². The highest BCUT2D eigenvalue weighted by Gasteiger charge is 1.93. The predicted molar refractivity (Wildman–Crippen MR) is 43.7 cm³/mol. The van der Waals surface area contributed by atoms with E-state index in [1.165, 1.54) is 0 Å². The lowest BCUT2D eigenvalue weighted by molar-refractivity contribution is -0.0429. The van der Waals surface area contributed by atoms with Crippen LogP contribution in [0.25, 0.3) is 0 Å². The van der Waals surface area contributed by atoms with E-state index in [-0.39, 0.29) is 19.8 Å². The number of hydrogen-bond donors (Lipinski definition) is 3. The first-order valence-electron chi connectivity index (χ1n) is 3.36. The Hall–Kier alpha value is -1.04. The molecule has 66 valence electrons. The van der Waals surface area contributed by atoms with Gasteiger partial charge >= 0.3 is 0 Å². The van der Waals surface area contributed by atoms with Gasteiger partial charge in [-0.25, -0.2) is 0 Å². The topological polar surface area (TPSA) is 75.7 Å². The Balaban J connectivity index is 3.50. The van der Waals surface area contributed by atoms with E-state index in [2.05, 4.69) is 28.4 Å². The summed E-state index contributed by atoms with van der Waals surface area (Å²) in [6, 6.07) is 0. The first-order chi connectivity index (χ1) is 5.81. The summed E-state index contributed by atoms with van der Waals surface area (Å²) in [6.07, 6.45) is -1.19. The number of hydrogen-bond acceptors (Lipinski definition) is 4. The van der Waals surface area contributed by atoms with Crippen LogP contribution in [0.2, 0.25) is 0 Å². The third-order valence-electron chi connectivity index (χ3n) is 0.845. The molecule has 0 heterocycles. The first-order valence-corrected chi connectivity index (χ1v) is 3.36. The lowest BCUT2D eigenvalue weighted by Crippen LogP contribution is -2.09. The van der Waals surface area contributed by atoms with Gasteiger partial charge in [0.2, 0.25) is 6.29 Å². The van der Waals surface area contributed by atoms with Gasteiger partial charge in [0.05, 0.1) is 6.54 Å².